The Morgan fingerprint density at radius 1 is 1.27 bits per heavy atom. The van der Waals surface area contributed by atoms with Crippen LogP contribution in [0.1, 0.15) is 45.6 Å². The van der Waals surface area contributed by atoms with Crippen LogP contribution >= 0.6 is 0 Å². The molecule has 0 N–H and O–H groups in total. The summed E-state index contributed by atoms with van der Waals surface area (Å²) in [5.41, 5.74) is 2.84. The molecule has 80 valence electrons. The molecule has 0 radical (unpaired) electrons. The standard InChI is InChI=1S/C14H21B/c1-5-7-13-11(6-2)14(15)9-8-12(13)10(3)4/h6-10H,5,15H2,1-4H3/b11-6+,13-7+. The first-order valence-corrected chi connectivity index (χ1v) is 5.87. The zero-order valence-electron chi connectivity index (χ0n) is 10.6. The zero-order chi connectivity index (χ0) is 11.4. The summed E-state index contributed by atoms with van der Waals surface area (Å²) >= 11 is 0. The molecule has 0 saturated heterocycles. The minimum Gasteiger partial charge on any atom is -0.0816 e. The van der Waals surface area contributed by atoms with Gasteiger partial charge in [-0.3, -0.25) is 0 Å². The lowest BCUT2D eigenvalue weighted by Crippen LogP contribution is -2.41. The quantitative estimate of drug-likeness (QED) is 0.626. The van der Waals surface area contributed by atoms with Gasteiger partial charge < -0.3 is 0 Å². The second-order valence-electron chi connectivity index (χ2n) is 4.35. The predicted octanol–water partition coefficient (Wildman–Crippen LogP) is 1.06. The van der Waals surface area contributed by atoms with Crippen LogP contribution in [0.25, 0.3) is 12.2 Å². The highest BCUT2D eigenvalue weighted by molar-refractivity contribution is 6.32. The van der Waals surface area contributed by atoms with Gasteiger partial charge in [0.15, 0.2) is 0 Å². The SMILES string of the molecule is Bc1ccc(C(C)C)c(=C/CC)/c1=C\C. The molecule has 0 aliphatic carbocycles. The van der Waals surface area contributed by atoms with Crippen molar-refractivity contribution in [3.8, 4) is 0 Å². The molecule has 1 aromatic carbocycles. The fraction of sp³-hybridized carbons (Fsp3) is 0.429. The van der Waals surface area contributed by atoms with Crippen molar-refractivity contribution >= 4 is 25.5 Å². The molecule has 0 heterocycles. The normalized spacial score (nSPS) is 13.9. The van der Waals surface area contributed by atoms with E-state index in [9.17, 15) is 0 Å². The van der Waals surface area contributed by atoms with Gasteiger partial charge in [-0.15, -0.1) is 0 Å². The van der Waals surface area contributed by atoms with E-state index in [2.05, 4.69) is 59.8 Å². The Labute approximate surface area is 94.1 Å². The van der Waals surface area contributed by atoms with Crippen LogP contribution < -0.4 is 15.9 Å². The van der Waals surface area contributed by atoms with Crippen LogP contribution in [-0.4, -0.2) is 7.85 Å². The summed E-state index contributed by atoms with van der Waals surface area (Å²) in [5, 5.41) is 2.85. The highest BCUT2D eigenvalue weighted by Gasteiger charge is 2.02. The van der Waals surface area contributed by atoms with Crippen LogP contribution in [-0.2, 0) is 0 Å². The van der Waals surface area contributed by atoms with E-state index in [-0.39, 0.29) is 0 Å². The lowest BCUT2D eigenvalue weighted by molar-refractivity contribution is 0.856. The van der Waals surface area contributed by atoms with Gasteiger partial charge >= 0.3 is 0 Å². The summed E-state index contributed by atoms with van der Waals surface area (Å²) in [5.74, 6) is 0.599. The molecule has 1 heteroatoms. The number of hydrogen-bond acceptors (Lipinski definition) is 0. The van der Waals surface area contributed by atoms with Crippen LogP contribution in [0.3, 0.4) is 0 Å². The van der Waals surface area contributed by atoms with Crippen molar-refractivity contribution in [1.29, 1.82) is 0 Å². The molecule has 0 nitrogen and oxygen atoms in total. The highest BCUT2D eigenvalue weighted by atomic mass is 14.1. The van der Waals surface area contributed by atoms with Gasteiger partial charge in [-0.05, 0) is 35.3 Å². The maximum atomic E-state index is 2.34. The molecule has 0 amide bonds. The van der Waals surface area contributed by atoms with Crippen LogP contribution in [0, 0.1) is 0 Å². The molecule has 15 heavy (non-hydrogen) atoms. The van der Waals surface area contributed by atoms with E-state index in [1.165, 1.54) is 21.5 Å². The average molecular weight is 200 g/mol. The van der Waals surface area contributed by atoms with Crippen LogP contribution in [0.2, 0.25) is 0 Å². The predicted molar refractivity (Wildman–Crippen MR) is 72.9 cm³/mol. The van der Waals surface area contributed by atoms with E-state index in [1.807, 2.05) is 0 Å². The minimum absolute atomic E-state index is 0.599. The molecular formula is C14H21B. The summed E-state index contributed by atoms with van der Waals surface area (Å²) in [4.78, 5) is 0. The average Bonchev–Trinajstić information content (AvgIpc) is 2.18. The van der Waals surface area contributed by atoms with Crippen molar-refractivity contribution in [2.75, 3.05) is 0 Å². The molecule has 1 aromatic rings. The molecule has 0 unspecified atom stereocenters. The fourth-order valence-electron chi connectivity index (χ4n) is 2.08. The van der Waals surface area contributed by atoms with Gasteiger partial charge in [0.2, 0.25) is 0 Å². The Hall–Kier alpha value is -0.975. The van der Waals surface area contributed by atoms with Crippen molar-refractivity contribution < 1.29 is 0 Å². The zero-order valence-corrected chi connectivity index (χ0v) is 10.6. The highest BCUT2D eigenvalue weighted by Crippen LogP contribution is 2.06. The first-order valence-electron chi connectivity index (χ1n) is 5.87. The van der Waals surface area contributed by atoms with Gasteiger partial charge in [0, 0.05) is 0 Å². The van der Waals surface area contributed by atoms with E-state index in [1.54, 1.807) is 0 Å². The fourth-order valence-corrected chi connectivity index (χ4v) is 2.08. The largest absolute Gasteiger partial charge is 0.140 e. The monoisotopic (exact) mass is 200 g/mol. The lowest BCUT2D eigenvalue weighted by atomic mass is 9.88. The molecule has 0 aliphatic rings. The van der Waals surface area contributed by atoms with E-state index >= 15 is 0 Å². The number of hydrogen-bond donors (Lipinski definition) is 0. The molecule has 0 fully saturated rings. The number of rotatable bonds is 2. The van der Waals surface area contributed by atoms with E-state index in [4.69, 9.17) is 0 Å². The van der Waals surface area contributed by atoms with E-state index < -0.39 is 0 Å². The van der Waals surface area contributed by atoms with Crippen LogP contribution in [0.15, 0.2) is 12.1 Å². The third kappa shape index (κ3) is 2.53. The summed E-state index contributed by atoms with van der Waals surface area (Å²) in [7, 11) is 2.19. The summed E-state index contributed by atoms with van der Waals surface area (Å²) in [6, 6.07) is 4.51. The van der Waals surface area contributed by atoms with Crippen molar-refractivity contribution in [2.45, 2.75) is 40.0 Å². The van der Waals surface area contributed by atoms with Crippen LogP contribution in [0.5, 0.6) is 0 Å². The molecule has 0 aliphatic heterocycles. The van der Waals surface area contributed by atoms with Crippen molar-refractivity contribution in [3.63, 3.8) is 0 Å². The maximum absolute atomic E-state index is 2.34. The van der Waals surface area contributed by atoms with E-state index in [0.717, 1.165) is 6.42 Å². The molecule has 0 spiro atoms. The van der Waals surface area contributed by atoms with Crippen LogP contribution in [0.4, 0.5) is 0 Å². The molecule has 1 rings (SSSR count). The summed E-state index contributed by atoms with van der Waals surface area (Å²) < 4.78 is 0. The maximum Gasteiger partial charge on any atom is 0.140 e. The molecule has 0 bridgehead atoms. The second kappa shape index (κ2) is 5.20. The minimum atomic E-state index is 0.599. The Bertz CT molecular complexity index is 441. The summed E-state index contributed by atoms with van der Waals surface area (Å²) in [6.45, 7) is 8.85. The van der Waals surface area contributed by atoms with Gasteiger partial charge in [0.25, 0.3) is 0 Å². The third-order valence-electron chi connectivity index (χ3n) is 2.86. The van der Waals surface area contributed by atoms with Gasteiger partial charge in [0.1, 0.15) is 7.85 Å². The Balaban J connectivity index is 3.66. The Morgan fingerprint density at radius 2 is 1.93 bits per heavy atom. The Kier molecular flexibility index (Phi) is 4.20. The molecule has 0 atom stereocenters. The number of benzene rings is 1. The van der Waals surface area contributed by atoms with Gasteiger partial charge in [0.05, 0.1) is 0 Å². The third-order valence-corrected chi connectivity index (χ3v) is 2.86. The van der Waals surface area contributed by atoms with Gasteiger partial charge in [-0.25, -0.2) is 0 Å². The molecular weight excluding hydrogens is 179 g/mol. The Morgan fingerprint density at radius 3 is 2.40 bits per heavy atom. The van der Waals surface area contributed by atoms with Gasteiger partial charge in [-0.1, -0.05) is 50.5 Å². The van der Waals surface area contributed by atoms with Crippen molar-refractivity contribution in [1.82, 2.24) is 0 Å². The first-order chi connectivity index (χ1) is 7.11. The van der Waals surface area contributed by atoms with E-state index in [0.29, 0.717) is 5.92 Å². The summed E-state index contributed by atoms with van der Waals surface area (Å²) in [6.07, 6.45) is 5.67. The topological polar surface area (TPSA) is 0 Å². The molecule has 0 aromatic heterocycles. The smallest absolute Gasteiger partial charge is 0.0816 e. The lowest BCUT2D eigenvalue weighted by Gasteiger charge is -2.09. The first kappa shape index (κ1) is 12.1. The molecule has 0 saturated carbocycles. The van der Waals surface area contributed by atoms with Crippen molar-refractivity contribution in [2.24, 2.45) is 0 Å². The second-order valence-corrected chi connectivity index (χ2v) is 4.35. The van der Waals surface area contributed by atoms with Crippen molar-refractivity contribution in [3.05, 3.63) is 28.1 Å². The van der Waals surface area contributed by atoms with Gasteiger partial charge in [-0.2, -0.15) is 0 Å².